The largest absolute Gasteiger partial charge is 0.398 e. The second-order valence-electron chi connectivity index (χ2n) is 5.59. The van der Waals surface area contributed by atoms with Gasteiger partial charge in [-0.2, -0.15) is 0 Å². The van der Waals surface area contributed by atoms with E-state index in [2.05, 4.69) is 37.9 Å². The molecule has 19 heavy (non-hydrogen) atoms. The van der Waals surface area contributed by atoms with Crippen molar-refractivity contribution in [1.29, 1.82) is 0 Å². The quantitative estimate of drug-likeness (QED) is 0.486. The van der Waals surface area contributed by atoms with Crippen molar-refractivity contribution in [3.05, 3.63) is 29.3 Å². The number of nitrogens with one attached hydrogen (secondary N) is 1. The Morgan fingerprint density at radius 2 is 2.05 bits per heavy atom. The third-order valence-electron chi connectivity index (χ3n) is 2.77. The summed E-state index contributed by atoms with van der Waals surface area (Å²) < 4.78 is 0. The summed E-state index contributed by atoms with van der Waals surface area (Å²) in [4.78, 5) is 10.7. The maximum absolute atomic E-state index is 10.7. The molecule has 0 fully saturated rings. The summed E-state index contributed by atoms with van der Waals surface area (Å²) in [5.74, 6) is 6.07. The van der Waals surface area contributed by atoms with Crippen LogP contribution in [-0.2, 0) is 10.2 Å². The van der Waals surface area contributed by atoms with Gasteiger partial charge in [-0.15, -0.1) is 0 Å². The molecule has 0 bridgehead atoms. The van der Waals surface area contributed by atoms with Gasteiger partial charge in [-0.25, -0.2) is 0 Å². The number of nitrogens with two attached hydrogens (primary N) is 1. The number of amides is 1. The molecule has 3 heteroatoms. The van der Waals surface area contributed by atoms with Gasteiger partial charge in [0, 0.05) is 31.1 Å². The Balaban J connectivity index is 2.78. The van der Waals surface area contributed by atoms with E-state index in [4.69, 9.17) is 5.73 Å². The first-order valence-electron chi connectivity index (χ1n) is 6.44. The minimum absolute atomic E-state index is 0.0314. The number of benzene rings is 1. The average Bonchev–Trinajstić information content (AvgIpc) is 2.29. The Kier molecular flexibility index (Phi) is 5.00. The summed E-state index contributed by atoms with van der Waals surface area (Å²) in [6, 6.07) is 5.98. The van der Waals surface area contributed by atoms with Crippen molar-refractivity contribution in [1.82, 2.24) is 5.32 Å². The molecule has 0 unspecified atom stereocenters. The Hall–Kier alpha value is -1.95. The molecule has 0 radical (unpaired) electrons. The second kappa shape index (κ2) is 6.29. The number of rotatable bonds is 2. The number of hydrogen-bond donors (Lipinski definition) is 2. The average molecular weight is 258 g/mol. The molecule has 0 heterocycles. The highest BCUT2D eigenvalue weighted by Crippen LogP contribution is 2.25. The number of anilines is 1. The fourth-order valence-electron chi connectivity index (χ4n) is 1.59. The minimum atomic E-state index is -0.0314. The summed E-state index contributed by atoms with van der Waals surface area (Å²) in [7, 11) is 0. The molecule has 1 aromatic carbocycles. The maximum atomic E-state index is 10.7. The van der Waals surface area contributed by atoms with E-state index in [9.17, 15) is 4.79 Å². The maximum Gasteiger partial charge on any atom is 0.216 e. The lowest BCUT2D eigenvalue weighted by Gasteiger charge is -2.19. The third-order valence-corrected chi connectivity index (χ3v) is 2.77. The molecule has 0 aliphatic rings. The lowest BCUT2D eigenvalue weighted by atomic mass is 9.86. The summed E-state index contributed by atoms with van der Waals surface area (Å²) in [5.41, 5.74) is 8.77. The molecule has 0 spiro atoms. The SMILES string of the molecule is CC(=O)NCCC#Cc1cc(C(C)(C)C)ccc1N. The number of carbonyl (C=O) groups is 1. The molecule has 0 aliphatic heterocycles. The van der Waals surface area contributed by atoms with E-state index < -0.39 is 0 Å². The highest BCUT2D eigenvalue weighted by atomic mass is 16.1. The Bertz CT molecular complexity index is 516. The molecule has 1 amide bonds. The van der Waals surface area contributed by atoms with E-state index >= 15 is 0 Å². The Morgan fingerprint density at radius 3 is 2.63 bits per heavy atom. The van der Waals surface area contributed by atoms with Gasteiger partial charge < -0.3 is 11.1 Å². The zero-order valence-corrected chi connectivity index (χ0v) is 12.1. The van der Waals surface area contributed by atoms with E-state index in [0.29, 0.717) is 18.7 Å². The van der Waals surface area contributed by atoms with Gasteiger partial charge in [0.1, 0.15) is 0 Å². The molecular formula is C16H22N2O. The van der Waals surface area contributed by atoms with Crippen molar-refractivity contribution in [2.75, 3.05) is 12.3 Å². The molecule has 3 nitrogen and oxygen atoms in total. The van der Waals surface area contributed by atoms with Crippen molar-refractivity contribution >= 4 is 11.6 Å². The topological polar surface area (TPSA) is 55.1 Å². The predicted molar refractivity (Wildman–Crippen MR) is 79.7 cm³/mol. The van der Waals surface area contributed by atoms with Crippen LogP contribution in [0.1, 0.15) is 45.2 Å². The predicted octanol–water partition coefficient (Wildman–Crippen LogP) is 2.44. The second-order valence-corrected chi connectivity index (χ2v) is 5.59. The lowest BCUT2D eigenvalue weighted by Crippen LogP contribution is -2.20. The van der Waals surface area contributed by atoms with Crippen molar-refractivity contribution in [3.8, 4) is 11.8 Å². The first kappa shape index (κ1) is 15.1. The standard InChI is InChI=1S/C16H22N2O/c1-12(19)18-10-6-5-7-13-11-14(16(2,3)4)8-9-15(13)17/h8-9,11H,6,10,17H2,1-4H3,(H,18,19). The van der Waals surface area contributed by atoms with Crippen LogP contribution in [0.2, 0.25) is 0 Å². The van der Waals surface area contributed by atoms with Crippen LogP contribution in [0, 0.1) is 11.8 Å². The molecule has 102 valence electrons. The van der Waals surface area contributed by atoms with Crippen molar-refractivity contribution in [3.63, 3.8) is 0 Å². The molecule has 0 aliphatic carbocycles. The summed E-state index contributed by atoms with van der Waals surface area (Å²) in [5, 5.41) is 2.71. The van der Waals surface area contributed by atoms with Crippen LogP contribution in [0.25, 0.3) is 0 Å². The Labute approximate surface area is 115 Å². The van der Waals surface area contributed by atoms with E-state index in [1.807, 2.05) is 18.2 Å². The van der Waals surface area contributed by atoms with Crippen LogP contribution in [0.4, 0.5) is 5.69 Å². The molecule has 0 saturated carbocycles. The van der Waals surface area contributed by atoms with Gasteiger partial charge in [-0.1, -0.05) is 38.7 Å². The van der Waals surface area contributed by atoms with E-state index in [1.165, 1.54) is 12.5 Å². The molecule has 3 N–H and O–H groups in total. The van der Waals surface area contributed by atoms with Gasteiger partial charge in [0.2, 0.25) is 5.91 Å². The zero-order valence-electron chi connectivity index (χ0n) is 12.1. The van der Waals surface area contributed by atoms with Crippen LogP contribution >= 0.6 is 0 Å². The molecule has 1 rings (SSSR count). The Morgan fingerprint density at radius 1 is 1.37 bits per heavy atom. The van der Waals surface area contributed by atoms with Crippen LogP contribution in [-0.4, -0.2) is 12.5 Å². The van der Waals surface area contributed by atoms with Gasteiger partial charge in [0.25, 0.3) is 0 Å². The normalized spacial score (nSPS) is 10.5. The van der Waals surface area contributed by atoms with Gasteiger partial charge in [-0.3, -0.25) is 4.79 Å². The van der Waals surface area contributed by atoms with Crippen LogP contribution in [0.3, 0.4) is 0 Å². The highest BCUT2D eigenvalue weighted by molar-refractivity contribution is 5.72. The molecule has 0 aromatic heterocycles. The molecular weight excluding hydrogens is 236 g/mol. The van der Waals surface area contributed by atoms with E-state index in [-0.39, 0.29) is 11.3 Å². The van der Waals surface area contributed by atoms with Crippen molar-refractivity contribution in [2.24, 2.45) is 0 Å². The monoisotopic (exact) mass is 258 g/mol. The highest BCUT2D eigenvalue weighted by Gasteiger charge is 2.14. The van der Waals surface area contributed by atoms with Crippen molar-refractivity contribution < 1.29 is 4.79 Å². The minimum Gasteiger partial charge on any atom is -0.398 e. The number of hydrogen-bond acceptors (Lipinski definition) is 2. The number of carbonyl (C=O) groups excluding carboxylic acids is 1. The third kappa shape index (κ3) is 5.05. The first-order chi connectivity index (χ1) is 8.80. The molecule has 1 aromatic rings. The van der Waals surface area contributed by atoms with Gasteiger partial charge in [0.05, 0.1) is 0 Å². The fourth-order valence-corrected chi connectivity index (χ4v) is 1.59. The fraction of sp³-hybridized carbons (Fsp3) is 0.438. The lowest BCUT2D eigenvalue weighted by molar-refractivity contribution is -0.118. The van der Waals surface area contributed by atoms with Gasteiger partial charge in [0.15, 0.2) is 0 Å². The summed E-state index contributed by atoms with van der Waals surface area (Å²) >= 11 is 0. The zero-order chi connectivity index (χ0) is 14.5. The number of nitrogen functional groups attached to an aromatic ring is 1. The summed E-state index contributed by atoms with van der Waals surface area (Å²) in [6.07, 6.45) is 0.624. The van der Waals surface area contributed by atoms with Crippen LogP contribution in [0.5, 0.6) is 0 Å². The van der Waals surface area contributed by atoms with E-state index in [0.717, 1.165) is 5.56 Å². The first-order valence-corrected chi connectivity index (χ1v) is 6.44. The molecule has 0 saturated heterocycles. The van der Waals surface area contributed by atoms with Gasteiger partial charge in [-0.05, 0) is 23.1 Å². The summed E-state index contributed by atoms with van der Waals surface area (Å²) in [6.45, 7) is 8.55. The van der Waals surface area contributed by atoms with Crippen molar-refractivity contribution in [2.45, 2.75) is 39.5 Å². The van der Waals surface area contributed by atoms with E-state index in [1.54, 1.807) is 0 Å². The van der Waals surface area contributed by atoms with Crippen LogP contribution in [0.15, 0.2) is 18.2 Å². The smallest absolute Gasteiger partial charge is 0.216 e. The molecule has 0 atom stereocenters. The van der Waals surface area contributed by atoms with Gasteiger partial charge >= 0.3 is 0 Å². The van der Waals surface area contributed by atoms with Crippen LogP contribution < -0.4 is 11.1 Å².